The maximum absolute atomic E-state index is 12.6. The monoisotopic (exact) mass is 328 g/mol. The molecule has 1 atom stereocenters. The van der Waals surface area contributed by atoms with Gasteiger partial charge in [0.05, 0.1) is 11.3 Å². The Morgan fingerprint density at radius 1 is 1.35 bits per heavy atom. The third kappa shape index (κ3) is 3.89. The van der Waals surface area contributed by atoms with E-state index < -0.39 is 31.5 Å². The Hall–Kier alpha value is -1.22. The smallest absolute Gasteiger partial charge is 0.481 e. The van der Waals surface area contributed by atoms with Crippen LogP contribution in [0.15, 0.2) is 34.1 Å². The standard InChI is InChI=1S/C11H11F3O4S2/c1-7(6-10(15)16)19-8-4-2-3-5-9(8)20(17,18)11(12,13)14/h2-5,7H,6H2,1H3,(H,15,16). The summed E-state index contributed by atoms with van der Waals surface area (Å²) in [5, 5.41) is 8.05. The van der Waals surface area contributed by atoms with E-state index in [0.717, 1.165) is 17.8 Å². The van der Waals surface area contributed by atoms with Gasteiger partial charge in [0, 0.05) is 10.1 Å². The fraction of sp³-hybridized carbons (Fsp3) is 0.364. The average molecular weight is 328 g/mol. The average Bonchev–Trinajstić information content (AvgIpc) is 2.26. The van der Waals surface area contributed by atoms with Crippen LogP contribution in [-0.2, 0) is 14.6 Å². The highest BCUT2D eigenvalue weighted by Crippen LogP contribution is 2.37. The van der Waals surface area contributed by atoms with Crippen molar-refractivity contribution in [1.82, 2.24) is 0 Å². The maximum atomic E-state index is 12.6. The Kier molecular flexibility index (Phi) is 5.09. The van der Waals surface area contributed by atoms with Gasteiger partial charge in [-0.3, -0.25) is 4.79 Å². The molecule has 0 aliphatic rings. The van der Waals surface area contributed by atoms with Crippen LogP contribution in [0.2, 0.25) is 0 Å². The Labute approximate surface area is 117 Å². The minimum absolute atomic E-state index is 0.112. The van der Waals surface area contributed by atoms with Crippen LogP contribution >= 0.6 is 11.8 Å². The van der Waals surface area contributed by atoms with E-state index in [9.17, 15) is 26.4 Å². The summed E-state index contributed by atoms with van der Waals surface area (Å²) >= 11 is 0.782. The minimum Gasteiger partial charge on any atom is -0.481 e. The molecule has 0 saturated carbocycles. The lowest BCUT2D eigenvalue weighted by Crippen LogP contribution is -2.24. The highest BCUT2D eigenvalue weighted by molar-refractivity contribution is 8.01. The fourth-order valence-corrected chi connectivity index (χ4v) is 3.71. The number of alkyl halides is 3. The van der Waals surface area contributed by atoms with E-state index in [1.165, 1.54) is 25.1 Å². The van der Waals surface area contributed by atoms with Gasteiger partial charge < -0.3 is 5.11 Å². The van der Waals surface area contributed by atoms with Crippen LogP contribution in [0.25, 0.3) is 0 Å². The minimum atomic E-state index is -5.45. The van der Waals surface area contributed by atoms with Crippen LogP contribution in [0.4, 0.5) is 13.2 Å². The molecule has 1 unspecified atom stereocenters. The Morgan fingerprint density at radius 2 is 1.90 bits per heavy atom. The lowest BCUT2D eigenvalue weighted by atomic mass is 10.3. The van der Waals surface area contributed by atoms with Gasteiger partial charge in [0.1, 0.15) is 0 Å². The van der Waals surface area contributed by atoms with E-state index in [1.54, 1.807) is 0 Å². The van der Waals surface area contributed by atoms with E-state index in [1.807, 2.05) is 0 Å². The van der Waals surface area contributed by atoms with Gasteiger partial charge in [-0.1, -0.05) is 19.1 Å². The van der Waals surface area contributed by atoms with Gasteiger partial charge in [-0.25, -0.2) is 8.42 Å². The summed E-state index contributed by atoms with van der Waals surface area (Å²) in [5.74, 6) is -1.11. The summed E-state index contributed by atoms with van der Waals surface area (Å²) in [4.78, 5) is 9.56. The molecular formula is C11H11F3O4S2. The molecule has 1 N–H and O–H groups in total. The summed E-state index contributed by atoms with van der Waals surface area (Å²) in [5.41, 5.74) is -5.39. The number of carboxylic acids is 1. The summed E-state index contributed by atoms with van der Waals surface area (Å²) < 4.78 is 60.5. The molecule has 0 aliphatic heterocycles. The molecule has 0 saturated heterocycles. The summed E-state index contributed by atoms with van der Waals surface area (Å²) in [6.45, 7) is 1.50. The number of benzene rings is 1. The molecule has 9 heteroatoms. The second kappa shape index (κ2) is 6.04. The molecule has 112 valence electrons. The largest absolute Gasteiger partial charge is 0.501 e. The summed E-state index contributed by atoms with van der Waals surface area (Å²) in [6, 6.07) is 4.66. The Morgan fingerprint density at radius 3 is 2.40 bits per heavy atom. The van der Waals surface area contributed by atoms with Crippen molar-refractivity contribution in [2.75, 3.05) is 0 Å². The van der Waals surface area contributed by atoms with Gasteiger partial charge in [0.25, 0.3) is 9.84 Å². The molecule has 1 rings (SSSR count). The van der Waals surface area contributed by atoms with Crippen molar-refractivity contribution in [3.05, 3.63) is 24.3 Å². The van der Waals surface area contributed by atoms with Crippen molar-refractivity contribution in [3.8, 4) is 0 Å². The zero-order valence-corrected chi connectivity index (χ0v) is 11.8. The second-order valence-electron chi connectivity index (χ2n) is 3.92. The van der Waals surface area contributed by atoms with Crippen LogP contribution in [0.1, 0.15) is 13.3 Å². The zero-order chi connectivity index (χ0) is 15.6. The highest BCUT2D eigenvalue weighted by atomic mass is 32.2. The number of carboxylic acid groups (broad SMARTS) is 1. The molecule has 20 heavy (non-hydrogen) atoms. The number of hydrogen-bond donors (Lipinski definition) is 1. The molecule has 0 heterocycles. The summed E-state index contributed by atoms with van der Waals surface area (Å²) in [7, 11) is -5.45. The molecule has 0 spiro atoms. The Bertz CT molecular complexity index is 596. The molecule has 1 aromatic rings. The number of aliphatic carboxylic acids is 1. The highest BCUT2D eigenvalue weighted by Gasteiger charge is 2.47. The van der Waals surface area contributed by atoms with Crippen molar-refractivity contribution in [2.45, 2.75) is 33.9 Å². The van der Waals surface area contributed by atoms with Crippen molar-refractivity contribution < 1.29 is 31.5 Å². The molecule has 0 aromatic heterocycles. The normalized spacial score (nSPS) is 14.0. The number of halogens is 3. The lowest BCUT2D eigenvalue weighted by Gasteiger charge is -2.14. The topological polar surface area (TPSA) is 71.4 Å². The first-order valence-corrected chi connectivity index (χ1v) is 7.71. The van der Waals surface area contributed by atoms with Crippen molar-refractivity contribution >= 4 is 27.6 Å². The number of thioether (sulfide) groups is 1. The first kappa shape index (κ1) is 16.8. The SMILES string of the molecule is CC(CC(=O)O)Sc1ccccc1S(=O)(=O)C(F)(F)F. The van der Waals surface area contributed by atoms with Crippen LogP contribution in [0, 0.1) is 0 Å². The third-order valence-electron chi connectivity index (χ3n) is 2.23. The predicted octanol–water partition coefficient (Wildman–Crippen LogP) is 2.94. The third-order valence-corrected chi connectivity index (χ3v) is 5.09. The van der Waals surface area contributed by atoms with Gasteiger partial charge in [0.15, 0.2) is 0 Å². The van der Waals surface area contributed by atoms with Crippen molar-refractivity contribution in [3.63, 3.8) is 0 Å². The molecule has 0 fully saturated rings. The quantitative estimate of drug-likeness (QED) is 0.842. The van der Waals surface area contributed by atoms with E-state index in [-0.39, 0.29) is 11.3 Å². The predicted molar refractivity (Wildman–Crippen MR) is 67.3 cm³/mol. The van der Waals surface area contributed by atoms with E-state index >= 15 is 0 Å². The first-order chi connectivity index (χ1) is 9.05. The molecule has 0 bridgehead atoms. The van der Waals surface area contributed by atoms with Crippen LogP contribution in [-0.4, -0.2) is 30.3 Å². The van der Waals surface area contributed by atoms with Crippen LogP contribution < -0.4 is 0 Å². The number of carbonyl (C=O) groups is 1. The van der Waals surface area contributed by atoms with Crippen molar-refractivity contribution in [1.29, 1.82) is 0 Å². The molecule has 1 aromatic carbocycles. The number of hydrogen-bond acceptors (Lipinski definition) is 4. The molecular weight excluding hydrogens is 317 g/mol. The lowest BCUT2D eigenvalue weighted by molar-refractivity contribution is -0.136. The Balaban J connectivity index is 3.16. The first-order valence-electron chi connectivity index (χ1n) is 5.34. The van der Waals surface area contributed by atoms with Gasteiger partial charge in [0.2, 0.25) is 0 Å². The maximum Gasteiger partial charge on any atom is 0.501 e. The van der Waals surface area contributed by atoms with Crippen LogP contribution in [0.3, 0.4) is 0 Å². The van der Waals surface area contributed by atoms with E-state index in [4.69, 9.17) is 5.11 Å². The van der Waals surface area contributed by atoms with Crippen LogP contribution in [0.5, 0.6) is 0 Å². The second-order valence-corrected chi connectivity index (χ2v) is 7.31. The van der Waals surface area contributed by atoms with Gasteiger partial charge in [-0.15, -0.1) is 11.8 Å². The molecule has 0 aliphatic carbocycles. The van der Waals surface area contributed by atoms with Crippen molar-refractivity contribution in [2.24, 2.45) is 0 Å². The van der Waals surface area contributed by atoms with E-state index in [2.05, 4.69) is 0 Å². The zero-order valence-electron chi connectivity index (χ0n) is 10.2. The summed E-state index contributed by atoms with van der Waals surface area (Å²) in [6.07, 6.45) is -0.287. The fourth-order valence-electron chi connectivity index (χ4n) is 1.40. The van der Waals surface area contributed by atoms with Gasteiger partial charge in [-0.2, -0.15) is 13.2 Å². The molecule has 0 radical (unpaired) electrons. The van der Waals surface area contributed by atoms with E-state index in [0.29, 0.717) is 0 Å². The van der Waals surface area contributed by atoms with Gasteiger partial charge >= 0.3 is 11.5 Å². The number of sulfone groups is 1. The molecule has 0 amide bonds. The number of rotatable bonds is 5. The molecule has 4 nitrogen and oxygen atoms in total. The van der Waals surface area contributed by atoms with Gasteiger partial charge in [-0.05, 0) is 12.1 Å².